The van der Waals surface area contributed by atoms with E-state index in [2.05, 4.69) is 6.58 Å². The van der Waals surface area contributed by atoms with Crippen LogP contribution in [-0.4, -0.2) is 18.9 Å². The predicted molar refractivity (Wildman–Crippen MR) is 61.3 cm³/mol. The zero-order chi connectivity index (χ0) is 12.0. The Morgan fingerprint density at radius 1 is 1.38 bits per heavy atom. The second-order valence-corrected chi connectivity index (χ2v) is 3.53. The van der Waals surface area contributed by atoms with E-state index in [0.29, 0.717) is 24.2 Å². The minimum Gasteiger partial charge on any atom is -0.462 e. The molecule has 0 aliphatic heterocycles. The first-order valence-corrected chi connectivity index (χ1v) is 5.00. The number of carbonyl (C=O) groups excluding carboxylic acids is 2. The normalized spacial score (nSPS) is 9.56. The van der Waals surface area contributed by atoms with E-state index in [1.807, 2.05) is 12.1 Å². The van der Waals surface area contributed by atoms with Crippen LogP contribution >= 0.6 is 0 Å². The Morgan fingerprint density at radius 3 is 2.50 bits per heavy atom. The zero-order valence-electron chi connectivity index (χ0n) is 9.23. The number of benzene rings is 1. The van der Waals surface area contributed by atoms with Gasteiger partial charge >= 0.3 is 5.97 Å². The highest BCUT2D eigenvalue weighted by molar-refractivity contribution is 5.86. The first-order chi connectivity index (χ1) is 7.63. The lowest BCUT2D eigenvalue weighted by Gasteiger charge is -2.04. The molecule has 0 bridgehead atoms. The predicted octanol–water partition coefficient (Wildman–Crippen LogP) is 2.16. The first-order valence-electron chi connectivity index (χ1n) is 5.00. The molecule has 16 heavy (non-hydrogen) atoms. The van der Waals surface area contributed by atoms with Gasteiger partial charge in [0.2, 0.25) is 0 Å². The molecule has 0 saturated carbocycles. The number of hydrogen-bond acceptors (Lipinski definition) is 3. The van der Waals surface area contributed by atoms with Crippen LogP contribution in [0.2, 0.25) is 0 Å². The Kier molecular flexibility index (Phi) is 4.45. The van der Waals surface area contributed by atoms with E-state index in [4.69, 9.17) is 4.74 Å². The monoisotopic (exact) mass is 218 g/mol. The first kappa shape index (κ1) is 12.2. The second-order valence-electron chi connectivity index (χ2n) is 3.53. The van der Waals surface area contributed by atoms with E-state index in [-0.39, 0.29) is 5.97 Å². The lowest BCUT2D eigenvalue weighted by molar-refractivity contribution is -0.138. The minimum atomic E-state index is -0.371. The summed E-state index contributed by atoms with van der Waals surface area (Å²) in [5.74, 6) is -0.371. The van der Waals surface area contributed by atoms with E-state index in [1.54, 1.807) is 19.1 Å². The molecule has 0 amide bonds. The molecule has 0 fully saturated rings. The molecule has 1 rings (SSSR count). The van der Waals surface area contributed by atoms with Crippen molar-refractivity contribution in [1.29, 1.82) is 0 Å². The van der Waals surface area contributed by atoms with Crippen LogP contribution in [0.1, 0.15) is 22.8 Å². The van der Waals surface area contributed by atoms with Gasteiger partial charge in [0, 0.05) is 17.6 Å². The van der Waals surface area contributed by atoms with Crippen molar-refractivity contribution in [2.75, 3.05) is 6.61 Å². The van der Waals surface area contributed by atoms with Gasteiger partial charge < -0.3 is 4.74 Å². The van der Waals surface area contributed by atoms with Crippen molar-refractivity contribution in [2.24, 2.45) is 0 Å². The molecule has 0 heterocycles. The summed E-state index contributed by atoms with van der Waals surface area (Å²) in [6.45, 7) is 5.43. The fourth-order valence-electron chi connectivity index (χ4n) is 1.15. The van der Waals surface area contributed by atoms with Crippen LogP contribution in [0.5, 0.6) is 0 Å². The van der Waals surface area contributed by atoms with Crippen molar-refractivity contribution in [1.82, 2.24) is 0 Å². The Bertz CT molecular complexity index is 390. The molecule has 1 aromatic carbocycles. The van der Waals surface area contributed by atoms with E-state index in [0.717, 1.165) is 11.8 Å². The maximum absolute atomic E-state index is 11.1. The van der Waals surface area contributed by atoms with Crippen LogP contribution in [0.4, 0.5) is 0 Å². The van der Waals surface area contributed by atoms with Gasteiger partial charge in [-0.15, -0.1) is 0 Å². The van der Waals surface area contributed by atoms with Gasteiger partial charge in [-0.2, -0.15) is 0 Å². The fourth-order valence-corrected chi connectivity index (χ4v) is 1.15. The third-order valence-corrected chi connectivity index (χ3v) is 2.09. The maximum Gasteiger partial charge on any atom is 0.333 e. The fraction of sp³-hybridized carbons (Fsp3) is 0.231. The average Bonchev–Trinajstić information content (AvgIpc) is 2.29. The van der Waals surface area contributed by atoms with Gasteiger partial charge in [0.05, 0.1) is 6.61 Å². The molecule has 0 aromatic heterocycles. The molecule has 0 saturated heterocycles. The lowest BCUT2D eigenvalue weighted by Crippen LogP contribution is -2.07. The summed E-state index contributed by atoms with van der Waals surface area (Å²) in [5, 5.41) is 0. The van der Waals surface area contributed by atoms with E-state index < -0.39 is 0 Å². The topological polar surface area (TPSA) is 43.4 Å². The van der Waals surface area contributed by atoms with Gasteiger partial charge in [0.1, 0.15) is 6.29 Å². The third-order valence-electron chi connectivity index (χ3n) is 2.09. The molecule has 0 unspecified atom stereocenters. The summed E-state index contributed by atoms with van der Waals surface area (Å²) in [6, 6.07) is 7.17. The summed E-state index contributed by atoms with van der Waals surface area (Å²) < 4.78 is 4.96. The number of esters is 1. The van der Waals surface area contributed by atoms with Crippen LogP contribution in [0.3, 0.4) is 0 Å². The Balaban J connectivity index is 2.40. The third kappa shape index (κ3) is 3.69. The number of ether oxygens (including phenoxy) is 1. The van der Waals surface area contributed by atoms with Crippen molar-refractivity contribution in [3.05, 3.63) is 47.5 Å². The van der Waals surface area contributed by atoms with Gasteiger partial charge in [-0.1, -0.05) is 30.8 Å². The molecule has 0 radical (unpaired) electrons. The smallest absolute Gasteiger partial charge is 0.333 e. The van der Waals surface area contributed by atoms with Crippen molar-refractivity contribution in [3.63, 3.8) is 0 Å². The number of aldehydes is 1. The lowest BCUT2D eigenvalue weighted by atomic mass is 10.1. The summed E-state index contributed by atoms with van der Waals surface area (Å²) in [7, 11) is 0. The van der Waals surface area contributed by atoms with E-state index in [1.165, 1.54) is 0 Å². The largest absolute Gasteiger partial charge is 0.462 e. The highest BCUT2D eigenvalue weighted by Crippen LogP contribution is 2.04. The Hall–Kier alpha value is -1.90. The maximum atomic E-state index is 11.1. The van der Waals surface area contributed by atoms with Gasteiger partial charge in [-0.05, 0) is 12.5 Å². The van der Waals surface area contributed by atoms with Gasteiger partial charge in [-0.25, -0.2) is 4.79 Å². The van der Waals surface area contributed by atoms with Crippen LogP contribution in [-0.2, 0) is 16.0 Å². The molecule has 3 heteroatoms. The summed E-state index contributed by atoms with van der Waals surface area (Å²) in [6.07, 6.45) is 1.43. The van der Waals surface area contributed by atoms with Crippen molar-refractivity contribution in [2.45, 2.75) is 13.3 Å². The van der Waals surface area contributed by atoms with E-state index in [9.17, 15) is 9.59 Å². The van der Waals surface area contributed by atoms with Crippen molar-refractivity contribution < 1.29 is 14.3 Å². The summed E-state index contributed by atoms with van der Waals surface area (Å²) in [5.41, 5.74) is 2.07. The highest BCUT2D eigenvalue weighted by Gasteiger charge is 2.02. The van der Waals surface area contributed by atoms with Gasteiger partial charge in [0.15, 0.2) is 0 Å². The molecule has 0 N–H and O–H groups in total. The molecule has 0 atom stereocenters. The van der Waals surface area contributed by atoms with Gasteiger partial charge in [-0.3, -0.25) is 4.79 Å². The van der Waals surface area contributed by atoms with Crippen LogP contribution < -0.4 is 0 Å². The number of carbonyl (C=O) groups is 2. The van der Waals surface area contributed by atoms with Crippen molar-refractivity contribution >= 4 is 12.3 Å². The standard InChI is InChI=1S/C13H14O3/c1-10(2)13(15)16-8-7-11-3-5-12(9-14)6-4-11/h3-6,9H,1,7-8H2,2H3. The number of hydrogen-bond donors (Lipinski definition) is 0. The summed E-state index contributed by atoms with van der Waals surface area (Å²) >= 11 is 0. The highest BCUT2D eigenvalue weighted by atomic mass is 16.5. The average molecular weight is 218 g/mol. The molecule has 0 aliphatic carbocycles. The molecule has 3 nitrogen and oxygen atoms in total. The van der Waals surface area contributed by atoms with E-state index >= 15 is 0 Å². The Morgan fingerprint density at radius 2 is 2.00 bits per heavy atom. The van der Waals surface area contributed by atoms with Crippen molar-refractivity contribution in [3.8, 4) is 0 Å². The second kappa shape index (κ2) is 5.85. The SMILES string of the molecule is C=C(C)C(=O)OCCc1ccc(C=O)cc1. The van der Waals surface area contributed by atoms with Gasteiger partial charge in [0.25, 0.3) is 0 Å². The molecule has 1 aromatic rings. The molecule has 0 aliphatic rings. The van der Waals surface area contributed by atoms with Crippen LogP contribution in [0, 0.1) is 0 Å². The quantitative estimate of drug-likeness (QED) is 0.432. The molecule has 0 spiro atoms. The zero-order valence-corrected chi connectivity index (χ0v) is 9.23. The minimum absolute atomic E-state index is 0.326. The summed E-state index contributed by atoms with van der Waals surface area (Å²) in [4.78, 5) is 21.5. The van der Waals surface area contributed by atoms with Crippen LogP contribution in [0.25, 0.3) is 0 Å². The number of rotatable bonds is 5. The molecule has 84 valence electrons. The molecular formula is C13H14O3. The van der Waals surface area contributed by atoms with Crippen LogP contribution in [0.15, 0.2) is 36.4 Å². The Labute approximate surface area is 94.7 Å². The molecular weight excluding hydrogens is 204 g/mol.